The first-order valence-electron chi connectivity index (χ1n) is 8.82. The van der Waals surface area contributed by atoms with Crippen LogP contribution in [0.2, 0.25) is 0 Å². The Morgan fingerprint density at radius 1 is 1.00 bits per heavy atom. The van der Waals surface area contributed by atoms with Crippen LogP contribution in [0.5, 0.6) is 0 Å². The summed E-state index contributed by atoms with van der Waals surface area (Å²) in [4.78, 5) is 30.4. The van der Waals surface area contributed by atoms with E-state index in [1.807, 2.05) is 0 Å². The zero-order valence-electron chi connectivity index (χ0n) is 15.3. The van der Waals surface area contributed by atoms with Crippen LogP contribution in [0, 0.1) is 5.82 Å². The number of aromatic nitrogens is 1. The highest BCUT2D eigenvalue weighted by Crippen LogP contribution is 2.22. The number of anilines is 1. The first kappa shape index (κ1) is 19.2. The van der Waals surface area contributed by atoms with Gasteiger partial charge in [-0.1, -0.05) is 12.1 Å². The van der Waals surface area contributed by atoms with Gasteiger partial charge in [-0.2, -0.15) is 0 Å². The van der Waals surface area contributed by atoms with Crippen LogP contribution in [0.3, 0.4) is 0 Å². The van der Waals surface area contributed by atoms with E-state index >= 15 is 0 Å². The van der Waals surface area contributed by atoms with Crippen molar-refractivity contribution in [2.45, 2.75) is 13.5 Å². The van der Waals surface area contributed by atoms with Gasteiger partial charge in [0.05, 0.1) is 24.3 Å². The van der Waals surface area contributed by atoms with E-state index in [2.05, 4.69) is 4.98 Å². The molecule has 142 valence electrons. The van der Waals surface area contributed by atoms with Gasteiger partial charge in [0.2, 0.25) is 0 Å². The van der Waals surface area contributed by atoms with Crippen molar-refractivity contribution in [3.63, 3.8) is 0 Å². The van der Waals surface area contributed by atoms with Crippen LogP contribution < -0.4 is 4.90 Å². The van der Waals surface area contributed by atoms with Gasteiger partial charge in [0.1, 0.15) is 5.82 Å². The number of amides is 1. The predicted octanol–water partition coefficient (Wildman–Crippen LogP) is 4.24. The minimum atomic E-state index is -0.588. The Balaban J connectivity index is 1.95. The van der Waals surface area contributed by atoms with Crippen molar-refractivity contribution in [3.05, 3.63) is 95.6 Å². The molecule has 0 fully saturated rings. The summed E-state index contributed by atoms with van der Waals surface area (Å²) in [6.45, 7) is 2.24. The molecule has 0 aliphatic heterocycles. The summed E-state index contributed by atoms with van der Waals surface area (Å²) in [6.07, 6.45) is 3.26. The number of ether oxygens (including phenoxy) is 1. The number of hydrogen-bond donors (Lipinski definition) is 0. The molecular weight excluding hydrogens is 359 g/mol. The van der Waals surface area contributed by atoms with Gasteiger partial charge in [0.15, 0.2) is 0 Å². The summed E-state index contributed by atoms with van der Waals surface area (Å²) in [5.74, 6) is -1.50. The summed E-state index contributed by atoms with van der Waals surface area (Å²) in [5.41, 5.74) is 1.74. The van der Waals surface area contributed by atoms with Crippen molar-refractivity contribution < 1.29 is 18.7 Å². The smallest absolute Gasteiger partial charge is 0.338 e. The zero-order valence-corrected chi connectivity index (χ0v) is 15.3. The van der Waals surface area contributed by atoms with E-state index in [-0.39, 0.29) is 18.7 Å². The quantitative estimate of drug-likeness (QED) is 0.602. The third kappa shape index (κ3) is 4.40. The molecule has 6 heteroatoms. The number of nitrogens with zero attached hydrogens (tertiary/aromatic N) is 2. The van der Waals surface area contributed by atoms with E-state index in [1.54, 1.807) is 61.8 Å². The molecule has 1 amide bonds. The molecule has 0 atom stereocenters. The van der Waals surface area contributed by atoms with Crippen LogP contribution >= 0.6 is 0 Å². The van der Waals surface area contributed by atoms with Gasteiger partial charge < -0.3 is 9.64 Å². The maximum Gasteiger partial charge on any atom is 0.338 e. The lowest BCUT2D eigenvalue weighted by Gasteiger charge is -2.23. The molecule has 28 heavy (non-hydrogen) atoms. The molecule has 0 saturated carbocycles. The van der Waals surface area contributed by atoms with Crippen LogP contribution in [-0.4, -0.2) is 23.5 Å². The number of carbonyl (C=O) groups excluding carboxylic acids is 2. The summed E-state index contributed by atoms with van der Waals surface area (Å²) < 4.78 is 19.2. The Kier molecular flexibility index (Phi) is 6.11. The van der Waals surface area contributed by atoms with E-state index in [1.165, 1.54) is 23.1 Å². The second-order valence-electron chi connectivity index (χ2n) is 5.99. The van der Waals surface area contributed by atoms with Gasteiger partial charge in [0.25, 0.3) is 5.91 Å². The lowest BCUT2D eigenvalue weighted by molar-refractivity contribution is 0.0526. The van der Waals surface area contributed by atoms with Crippen LogP contribution in [0.25, 0.3) is 0 Å². The Hall–Kier alpha value is -3.54. The third-order valence-electron chi connectivity index (χ3n) is 4.13. The number of rotatable bonds is 6. The van der Waals surface area contributed by atoms with Gasteiger partial charge in [-0.05, 0) is 61.0 Å². The monoisotopic (exact) mass is 378 g/mol. The molecule has 0 bridgehead atoms. The second kappa shape index (κ2) is 8.90. The fourth-order valence-electron chi connectivity index (χ4n) is 2.72. The Morgan fingerprint density at radius 2 is 1.68 bits per heavy atom. The molecular formula is C22H19FN2O3. The Morgan fingerprint density at radius 3 is 2.32 bits per heavy atom. The van der Waals surface area contributed by atoms with E-state index < -0.39 is 17.7 Å². The largest absolute Gasteiger partial charge is 0.462 e. The third-order valence-corrected chi connectivity index (χ3v) is 4.13. The van der Waals surface area contributed by atoms with Gasteiger partial charge >= 0.3 is 5.97 Å². The highest BCUT2D eigenvalue weighted by molar-refractivity contribution is 6.06. The molecule has 0 spiro atoms. The van der Waals surface area contributed by atoms with Crippen LogP contribution in [-0.2, 0) is 11.3 Å². The second-order valence-corrected chi connectivity index (χ2v) is 5.99. The fourth-order valence-corrected chi connectivity index (χ4v) is 2.72. The van der Waals surface area contributed by atoms with E-state index in [9.17, 15) is 14.0 Å². The van der Waals surface area contributed by atoms with Crippen molar-refractivity contribution in [2.75, 3.05) is 11.5 Å². The molecule has 0 saturated heterocycles. The molecule has 5 nitrogen and oxygen atoms in total. The van der Waals surface area contributed by atoms with Crippen molar-refractivity contribution >= 4 is 17.6 Å². The SMILES string of the molecule is CCOC(=O)c1ccc(N(Cc2ccncc2)C(=O)c2ccccc2F)cc1. The van der Waals surface area contributed by atoms with Gasteiger partial charge in [-0.15, -0.1) is 0 Å². The van der Waals surface area contributed by atoms with Crippen LogP contribution in [0.1, 0.15) is 33.2 Å². The molecule has 3 rings (SSSR count). The first-order valence-corrected chi connectivity index (χ1v) is 8.82. The molecule has 0 aliphatic carbocycles. The number of benzene rings is 2. The number of halogens is 1. The normalized spacial score (nSPS) is 10.4. The molecule has 0 aliphatic rings. The van der Waals surface area contributed by atoms with Gasteiger partial charge in [-0.25, -0.2) is 9.18 Å². The summed E-state index contributed by atoms with van der Waals surface area (Å²) in [7, 11) is 0. The molecule has 0 N–H and O–H groups in total. The van der Waals surface area contributed by atoms with E-state index in [0.29, 0.717) is 11.3 Å². The lowest BCUT2D eigenvalue weighted by Crippen LogP contribution is -2.31. The average Bonchev–Trinajstić information content (AvgIpc) is 2.73. The summed E-state index contributed by atoms with van der Waals surface area (Å²) in [6, 6.07) is 15.9. The first-order chi connectivity index (χ1) is 13.6. The van der Waals surface area contributed by atoms with Crippen LogP contribution in [0.4, 0.5) is 10.1 Å². The van der Waals surface area contributed by atoms with Crippen LogP contribution in [0.15, 0.2) is 73.1 Å². The fraction of sp³-hybridized carbons (Fsp3) is 0.136. The molecule has 2 aromatic carbocycles. The van der Waals surface area contributed by atoms with Gasteiger partial charge in [-0.3, -0.25) is 9.78 Å². The van der Waals surface area contributed by atoms with Gasteiger partial charge in [0, 0.05) is 18.1 Å². The molecule has 1 heterocycles. The zero-order chi connectivity index (χ0) is 19.9. The minimum Gasteiger partial charge on any atom is -0.462 e. The topological polar surface area (TPSA) is 59.5 Å². The average molecular weight is 378 g/mol. The van der Waals surface area contributed by atoms with Crippen molar-refractivity contribution in [1.82, 2.24) is 4.98 Å². The highest BCUT2D eigenvalue weighted by Gasteiger charge is 2.21. The Bertz CT molecular complexity index is 959. The maximum absolute atomic E-state index is 14.2. The molecule has 0 unspecified atom stereocenters. The summed E-state index contributed by atoms with van der Waals surface area (Å²) in [5, 5.41) is 0. The predicted molar refractivity (Wildman–Crippen MR) is 104 cm³/mol. The van der Waals surface area contributed by atoms with E-state index in [4.69, 9.17) is 4.74 Å². The van der Waals surface area contributed by atoms with E-state index in [0.717, 1.165) is 5.56 Å². The molecule has 0 radical (unpaired) electrons. The summed E-state index contributed by atoms with van der Waals surface area (Å²) >= 11 is 0. The molecule has 1 aromatic heterocycles. The number of carbonyl (C=O) groups is 2. The maximum atomic E-state index is 14.2. The van der Waals surface area contributed by atoms with Crippen molar-refractivity contribution in [3.8, 4) is 0 Å². The number of esters is 1. The number of pyridine rings is 1. The Labute approximate surface area is 162 Å². The van der Waals surface area contributed by atoms with Crippen molar-refractivity contribution in [2.24, 2.45) is 0 Å². The van der Waals surface area contributed by atoms with Crippen molar-refractivity contribution in [1.29, 1.82) is 0 Å². The number of hydrogen-bond acceptors (Lipinski definition) is 4. The standard InChI is InChI=1S/C22H19FN2O3/c1-2-28-22(27)17-7-9-18(10-8-17)25(15-16-11-13-24-14-12-16)21(26)19-5-3-4-6-20(19)23/h3-14H,2,15H2,1H3. The molecule has 3 aromatic rings. The lowest BCUT2D eigenvalue weighted by atomic mass is 10.1. The highest BCUT2D eigenvalue weighted by atomic mass is 19.1. The minimum absolute atomic E-state index is 0.0222.